The van der Waals surface area contributed by atoms with Crippen LogP contribution < -0.4 is 9.47 Å². The highest BCUT2D eigenvalue weighted by molar-refractivity contribution is 5.78. The van der Waals surface area contributed by atoms with E-state index >= 15 is 0 Å². The summed E-state index contributed by atoms with van der Waals surface area (Å²) >= 11 is 0. The molecule has 1 N–H and O–H groups in total. The normalized spacial score (nSPS) is 10.8. The van der Waals surface area contributed by atoms with Crippen molar-refractivity contribution < 1.29 is 19.4 Å². The van der Waals surface area contributed by atoms with E-state index in [9.17, 15) is 9.90 Å². The second-order valence-electron chi connectivity index (χ2n) is 5.39. The number of carbonyl (C=O) groups excluding carboxylic acids is 1. The number of aromatic hydroxyl groups is 1. The Morgan fingerprint density at radius 1 is 1.05 bits per heavy atom. The fraction of sp³-hybridized carbons (Fsp3) is 0.533. The highest BCUT2D eigenvalue weighted by Crippen LogP contribution is 2.37. The lowest BCUT2D eigenvalue weighted by molar-refractivity contribution is 0.112. The maximum absolute atomic E-state index is 10.9. The zero-order chi connectivity index (χ0) is 14.4. The molecule has 0 aliphatic carbocycles. The van der Waals surface area contributed by atoms with Gasteiger partial charge in [0.1, 0.15) is 6.29 Å². The molecule has 0 bridgehead atoms. The zero-order valence-electron chi connectivity index (χ0n) is 12.0. The summed E-state index contributed by atoms with van der Waals surface area (Å²) in [5, 5.41) is 10.1. The number of ether oxygens (including phenoxy) is 2. The van der Waals surface area contributed by atoms with Gasteiger partial charge in [-0.25, -0.2) is 0 Å². The Balaban J connectivity index is 2.95. The molecule has 1 aromatic carbocycles. The molecule has 19 heavy (non-hydrogen) atoms. The lowest BCUT2D eigenvalue weighted by Crippen LogP contribution is -2.07. The summed E-state index contributed by atoms with van der Waals surface area (Å²) in [5.41, 5.74) is 0.426. The van der Waals surface area contributed by atoms with E-state index in [1.807, 2.05) is 27.7 Å². The fourth-order valence-electron chi connectivity index (χ4n) is 1.40. The minimum Gasteiger partial charge on any atom is -0.502 e. The van der Waals surface area contributed by atoms with Crippen LogP contribution in [0.3, 0.4) is 0 Å². The fourth-order valence-corrected chi connectivity index (χ4v) is 1.40. The third-order valence-electron chi connectivity index (χ3n) is 2.34. The number of carbonyl (C=O) groups is 1. The lowest BCUT2D eigenvalue weighted by atomic mass is 10.2. The van der Waals surface area contributed by atoms with Crippen LogP contribution in [0.2, 0.25) is 0 Å². The van der Waals surface area contributed by atoms with Crippen LogP contribution in [-0.2, 0) is 0 Å². The predicted octanol–water partition coefficient (Wildman–Crippen LogP) is 3.27. The zero-order valence-corrected chi connectivity index (χ0v) is 12.0. The minimum atomic E-state index is -0.0492. The van der Waals surface area contributed by atoms with Crippen LogP contribution in [0.15, 0.2) is 12.1 Å². The Labute approximate surface area is 114 Å². The van der Waals surface area contributed by atoms with Crippen LogP contribution in [0.4, 0.5) is 0 Å². The van der Waals surface area contributed by atoms with Crippen molar-refractivity contribution >= 4 is 6.29 Å². The first-order valence-corrected chi connectivity index (χ1v) is 6.51. The van der Waals surface area contributed by atoms with Crippen molar-refractivity contribution in [1.82, 2.24) is 0 Å². The third kappa shape index (κ3) is 4.81. The Morgan fingerprint density at radius 2 is 1.47 bits per heavy atom. The van der Waals surface area contributed by atoms with Gasteiger partial charge < -0.3 is 14.6 Å². The molecule has 106 valence electrons. The largest absolute Gasteiger partial charge is 0.502 e. The Kier molecular flexibility index (Phi) is 5.67. The van der Waals surface area contributed by atoms with Crippen molar-refractivity contribution in [3.63, 3.8) is 0 Å². The molecule has 4 heteroatoms. The molecular formula is C15H22O4. The summed E-state index contributed by atoms with van der Waals surface area (Å²) in [7, 11) is 0. The smallest absolute Gasteiger partial charge is 0.200 e. The number of phenols is 1. The summed E-state index contributed by atoms with van der Waals surface area (Å²) < 4.78 is 11.0. The molecule has 0 saturated heterocycles. The first-order chi connectivity index (χ1) is 8.93. The number of aldehydes is 1. The molecule has 0 radical (unpaired) electrons. The van der Waals surface area contributed by atoms with Crippen LogP contribution in [0.5, 0.6) is 17.2 Å². The van der Waals surface area contributed by atoms with Crippen molar-refractivity contribution in [2.45, 2.75) is 27.7 Å². The molecule has 0 atom stereocenters. The first-order valence-electron chi connectivity index (χ1n) is 6.51. The van der Waals surface area contributed by atoms with Gasteiger partial charge in [0.15, 0.2) is 11.5 Å². The van der Waals surface area contributed by atoms with Crippen LogP contribution in [0.1, 0.15) is 38.1 Å². The van der Waals surface area contributed by atoms with E-state index < -0.39 is 0 Å². The predicted molar refractivity (Wildman–Crippen MR) is 74.2 cm³/mol. The van der Waals surface area contributed by atoms with E-state index in [0.29, 0.717) is 36.9 Å². The molecule has 0 heterocycles. The highest BCUT2D eigenvalue weighted by atomic mass is 16.5. The van der Waals surface area contributed by atoms with Gasteiger partial charge in [-0.1, -0.05) is 27.7 Å². The number of hydrogen-bond acceptors (Lipinski definition) is 4. The second-order valence-corrected chi connectivity index (χ2v) is 5.39. The van der Waals surface area contributed by atoms with Gasteiger partial charge >= 0.3 is 0 Å². The van der Waals surface area contributed by atoms with E-state index in [1.54, 1.807) is 0 Å². The lowest BCUT2D eigenvalue weighted by Gasteiger charge is -2.15. The summed E-state index contributed by atoms with van der Waals surface area (Å²) in [6, 6.07) is 3.04. The SMILES string of the molecule is CC(C)COc1cc(C=O)cc(OCC(C)C)c1O. The van der Waals surface area contributed by atoms with Gasteiger partial charge in [0.25, 0.3) is 0 Å². The Bertz CT molecular complexity index is 391. The van der Waals surface area contributed by atoms with Gasteiger partial charge in [-0.15, -0.1) is 0 Å². The van der Waals surface area contributed by atoms with Gasteiger partial charge in [0.2, 0.25) is 5.75 Å². The second kappa shape index (κ2) is 7.02. The molecule has 0 aromatic heterocycles. The number of benzene rings is 1. The van der Waals surface area contributed by atoms with Crippen molar-refractivity contribution in [3.8, 4) is 17.2 Å². The minimum absolute atomic E-state index is 0.0492. The summed E-state index contributed by atoms with van der Waals surface area (Å²) in [6.45, 7) is 8.99. The van der Waals surface area contributed by atoms with Gasteiger partial charge in [-0.05, 0) is 24.0 Å². The van der Waals surface area contributed by atoms with Crippen LogP contribution in [0, 0.1) is 11.8 Å². The average molecular weight is 266 g/mol. The molecular weight excluding hydrogens is 244 g/mol. The van der Waals surface area contributed by atoms with Crippen molar-refractivity contribution in [2.75, 3.05) is 13.2 Å². The van der Waals surface area contributed by atoms with E-state index in [2.05, 4.69) is 0 Å². The molecule has 1 rings (SSSR count). The van der Waals surface area contributed by atoms with Crippen molar-refractivity contribution in [3.05, 3.63) is 17.7 Å². The van der Waals surface area contributed by atoms with Gasteiger partial charge in [-0.3, -0.25) is 4.79 Å². The topological polar surface area (TPSA) is 55.8 Å². The maximum Gasteiger partial charge on any atom is 0.200 e. The van der Waals surface area contributed by atoms with E-state index in [4.69, 9.17) is 9.47 Å². The van der Waals surface area contributed by atoms with Gasteiger partial charge in [0.05, 0.1) is 13.2 Å². The van der Waals surface area contributed by atoms with Crippen LogP contribution in [0.25, 0.3) is 0 Å². The van der Waals surface area contributed by atoms with Crippen LogP contribution in [-0.4, -0.2) is 24.6 Å². The van der Waals surface area contributed by atoms with Crippen molar-refractivity contribution in [1.29, 1.82) is 0 Å². The monoisotopic (exact) mass is 266 g/mol. The molecule has 0 fully saturated rings. The average Bonchev–Trinajstić information content (AvgIpc) is 2.35. The summed E-state index contributed by atoms with van der Waals surface area (Å²) in [6.07, 6.45) is 0.712. The third-order valence-corrected chi connectivity index (χ3v) is 2.34. The summed E-state index contributed by atoms with van der Waals surface area (Å²) in [4.78, 5) is 10.9. The Morgan fingerprint density at radius 3 is 1.79 bits per heavy atom. The summed E-state index contributed by atoms with van der Waals surface area (Å²) in [5.74, 6) is 1.19. The first kappa shape index (κ1) is 15.3. The molecule has 4 nitrogen and oxygen atoms in total. The number of rotatable bonds is 7. The van der Waals surface area contributed by atoms with Crippen LogP contribution >= 0.6 is 0 Å². The van der Waals surface area contributed by atoms with Crippen molar-refractivity contribution in [2.24, 2.45) is 11.8 Å². The molecule has 0 aliphatic rings. The standard InChI is InChI=1S/C15H22O4/c1-10(2)8-18-13-5-12(7-16)6-14(15(13)17)19-9-11(3)4/h5-7,10-11,17H,8-9H2,1-4H3. The van der Waals surface area contributed by atoms with E-state index in [-0.39, 0.29) is 17.2 Å². The van der Waals surface area contributed by atoms with E-state index in [1.165, 1.54) is 12.1 Å². The van der Waals surface area contributed by atoms with Gasteiger partial charge in [-0.2, -0.15) is 0 Å². The maximum atomic E-state index is 10.9. The molecule has 0 spiro atoms. The highest BCUT2D eigenvalue weighted by Gasteiger charge is 2.13. The van der Waals surface area contributed by atoms with E-state index in [0.717, 1.165) is 0 Å². The molecule has 0 unspecified atom stereocenters. The van der Waals surface area contributed by atoms with Gasteiger partial charge in [0, 0.05) is 5.56 Å². The molecule has 0 amide bonds. The quantitative estimate of drug-likeness (QED) is 0.769. The number of hydrogen-bond donors (Lipinski definition) is 1. The molecule has 0 saturated carbocycles. The number of phenolic OH excluding ortho intramolecular Hbond substituents is 1. The molecule has 0 aliphatic heterocycles. The Hall–Kier alpha value is -1.71. The molecule has 1 aromatic rings.